The summed E-state index contributed by atoms with van der Waals surface area (Å²) in [5.41, 5.74) is 3.86. The predicted octanol–water partition coefficient (Wildman–Crippen LogP) is 2.21. The molecule has 1 aromatic rings. The predicted molar refractivity (Wildman–Crippen MR) is 63.9 cm³/mol. The van der Waals surface area contributed by atoms with Crippen molar-refractivity contribution in [3.8, 4) is 5.75 Å². The van der Waals surface area contributed by atoms with E-state index in [0.717, 1.165) is 12.1 Å². The molecule has 4 heteroatoms. The topological polar surface area (TPSA) is 50.7 Å². The van der Waals surface area contributed by atoms with Crippen LogP contribution >= 0.6 is 0 Å². The van der Waals surface area contributed by atoms with Gasteiger partial charge in [-0.1, -0.05) is 19.1 Å². The lowest BCUT2D eigenvalue weighted by atomic mass is 10.2. The van der Waals surface area contributed by atoms with Crippen LogP contribution in [0.2, 0.25) is 0 Å². The van der Waals surface area contributed by atoms with E-state index in [1.54, 1.807) is 18.2 Å². The fourth-order valence-corrected chi connectivity index (χ4v) is 1.12. The molecule has 0 saturated heterocycles. The molecule has 0 aliphatic heterocycles. The van der Waals surface area contributed by atoms with Crippen LogP contribution in [0, 0.1) is 0 Å². The zero-order valence-electron chi connectivity index (χ0n) is 9.78. The van der Waals surface area contributed by atoms with E-state index in [9.17, 15) is 4.79 Å². The average Bonchev–Trinajstić information content (AvgIpc) is 2.35. The highest BCUT2D eigenvalue weighted by Gasteiger charge is 2.09. The minimum Gasteiger partial charge on any atom is -0.496 e. The number of para-hydroxylation sites is 1. The van der Waals surface area contributed by atoms with Gasteiger partial charge in [0.1, 0.15) is 5.75 Å². The van der Waals surface area contributed by atoms with Gasteiger partial charge < -0.3 is 4.74 Å². The quantitative estimate of drug-likeness (QED) is 0.624. The van der Waals surface area contributed by atoms with Gasteiger partial charge in [0, 0.05) is 5.71 Å². The summed E-state index contributed by atoms with van der Waals surface area (Å²) in [6.45, 7) is 3.84. The number of hydrogen-bond acceptors (Lipinski definition) is 3. The van der Waals surface area contributed by atoms with Gasteiger partial charge in [0.25, 0.3) is 5.91 Å². The molecule has 0 aliphatic carbocycles. The highest BCUT2D eigenvalue weighted by Crippen LogP contribution is 2.16. The largest absolute Gasteiger partial charge is 0.496 e. The zero-order valence-corrected chi connectivity index (χ0v) is 9.78. The first-order valence-electron chi connectivity index (χ1n) is 5.15. The fraction of sp³-hybridized carbons (Fsp3) is 0.333. The highest BCUT2D eigenvalue weighted by molar-refractivity contribution is 5.97. The van der Waals surface area contributed by atoms with E-state index in [4.69, 9.17) is 4.74 Å². The summed E-state index contributed by atoms with van der Waals surface area (Å²) < 4.78 is 5.09. The van der Waals surface area contributed by atoms with Crippen LogP contribution in [0.25, 0.3) is 0 Å². The molecule has 0 saturated carbocycles. The van der Waals surface area contributed by atoms with E-state index in [2.05, 4.69) is 10.5 Å². The Morgan fingerprint density at radius 3 is 2.75 bits per heavy atom. The normalized spacial score (nSPS) is 11.1. The molecule has 0 radical (unpaired) electrons. The van der Waals surface area contributed by atoms with Crippen LogP contribution in [-0.4, -0.2) is 18.7 Å². The number of hydrogen-bond donors (Lipinski definition) is 1. The number of amides is 1. The number of rotatable bonds is 4. The number of nitrogens with one attached hydrogen (secondary N) is 1. The third-order valence-electron chi connectivity index (χ3n) is 2.21. The zero-order chi connectivity index (χ0) is 12.0. The number of carbonyl (C=O) groups excluding carboxylic acids is 1. The Morgan fingerprint density at radius 2 is 2.12 bits per heavy atom. The van der Waals surface area contributed by atoms with Crippen LogP contribution in [0.1, 0.15) is 30.6 Å². The number of methoxy groups -OCH3 is 1. The summed E-state index contributed by atoms with van der Waals surface area (Å²) in [6, 6.07) is 7.04. The molecule has 1 N–H and O–H groups in total. The summed E-state index contributed by atoms with van der Waals surface area (Å²) in [5.74, 6) is 0.287. The van der Waals surface area contributed by atoms with Gasteiger partial charge >= 0.3 is 0 Å². The molecule has 86 valence electrons. The molecule has 0 aromatic heterocycles. The van der Waals surface area contributed by atoms with Gasteiger partial charge in [-0.15, -0.1) is 0 Å². The van der Waals surface area contributed by atoms with Crippen molar-refractivity contribution in [3.05, 3.63) is 29.8 Å². The Bertz CT molecular complexity index is 400. The molecule has 0 aliphatic rings. The number of hydrazone groups is 1. The number of nitrogens with zero attached hydrogens (tertiary/aromatic N) is 1. The second-order valence-corrected chi connectivity index (χ2v) is 3.34. The Hall–Kier alpha value is -1.84. The maximum atomic E-state index is 11.7. The molecular weight excluding hydrogens is 204 g/mol. The van der Waals surface area contributed by atoms with Gasteiger partial charge in [-0.3, -0.25) is 4.79 Å². The third-order valence-corrected chi connectivity index (χ3v) is 2.21. The molecule has 0 bridgehead atoms. The summed E-state index contributed by atoms with van der Waals surface area (Å²) in [6.07, 6.45) is 0.812. The molecule has 1 rings (SSSR count). The lowest BCUT2D eigenvalue weighted by Crippen LogP contribution is -2.19. The molecule has 0 spiro atoms. The lowest BCUT2D eigenvalue weighted by Gasteiger charge is -2.06. The van der Waals surface area contributed by atoms with E-state index in [-0.39, 0.29) is 5.91 Å². The van der Waals surface area contributed by atoms with Crippen molar-refractivity contribution in [3.63, 3.8) is 0 Å². The van der Waals surface area contributed by atoms with Crippen molar-refractivity contribution in [2.75, 3.05) is 7.11 Å². The molecule has 16 heavy (non-hydrogen) atoms. The molecule has 0 fully saturated rings. The van der Waals surface area contributed by atoms with Crippen molar-refractivity contribution in [2.45, 2.75) is 20.3 Å². The minimum atomic E-state index is -0.259. The van der Waals surface area contributed by atoms with Crippen LogP contribution in [0.5, 0.6) is 5.75 Å². The Labute approximate surface area is 95.3 Å². The summed E-state index contributed by atoms with van der Waals surface area (Å²) in [7, 11) is 1.53. The standard InChI is InChI=1S/C12H16N2O2/c1-4-9(2)13-14-12(15)10-7-5-6-8-11(10)16-3/h5-8H,4H2,1-3H3,(H,14,15). The van der Waals surface area contributed by atoms with Gasteiger partial charge in [-0.2, -0.15) is 5.10 Å². The number of carbonyl (C=O) groups is 1. The lowest BCUT2D eigenvalue weighted by molar-refractivity contribution is 0.0951. The summed E-state index contributed by atoms with van der Waals surface area (Å²) >= 11 is 0. The van der Waals surface area contributed by atoms with Crippen molar-refractivity contribution < 1.29 is 9.53 Å². The van der Waals surface area contributed by atoms with E-state index < -0.39 is 0 Å². The molecule has 0 unspecified atom stereocenters. The van der Waals surface area contributed by atoms with Crippen molar-refractivity contribution >= 4 is 11.6 Å². The first-order chi connectivity index (χ1) is 7.69. The second-order valence-electron chi connectivity index (χ2n) is 3.34. The maximum Gasteiger partial charge on any atom is 0.275 e. The van der Waals surface area contributed by atoms with Crippen LogP contribution < -0.4 is 10.2 Å². The Balaban J connectivity index is 2.80. The van der Waals surface area contributed by atoms with Crippen LogP contribution in [0.4, 0.5) is 0 Å². The molecule has 1 amide bonds. The second kappa shape index (κ2) is 5.90. The molecule has 0 heterocycles. The van der Waals surface area contributed by atoms with Crippen molar-refractivity contribution in [1.82, 2.24) is 5.43 Å². The molecular formula is C12H16N2O2. The van der Waals surface area contributed by atoms with Crippen LogP contribution in [0.3, 0.4) is 0 Å². The van der Waals surface area contributed by atoms with Crippen LogP contribution in [-0.2, 0) is 0 Å². The Morgan fingerprint density at radius 1 is 1.44 bits per heavy atom. The van der Waals surface area contributed by atoms with Gasteiger partial charge in [-0.25, -0.2) is 5.43 Å². The van der Waals surface area contributed by atoms with Gasteiger partial charge in [0.05, 0.1) is 12.7 Å². The van der Waals surface area contributed by atoms with Gasteiger partial charge in [0.2, 0.25) is 0 Å². The first-order valence-corrected chi connectivity index (χ1v) is 5.15. The van der Waals surface area contributed by atoms with Gasteiger partial charge in [-0.05, 0) is 25.5 Å². The van der Waals surface area contributed by atoms with Crippen molar-refractivity contribution in [1.29, 1.82) is 0 Å². The summed E-state index contributed by atoms with van der Waals surface area (Å²) in [5, 5.41) is 3.96. The van der Waals surface area contributed by atoms with E-state index >= 15 is 0 Å². The number of ether oxygens (including phenoxy) is 1. The van der Waals surface area contributed by atoms with Gasteiger partial charge in [0.15, 0.2) is 0 Å². The molecule has 1 aromatic carbocycles. The fourth-order valence-electron chi connectivity index (χ4n) is 1.12. The smallest absolute Gasteiger partial charge is 0.275 e. The molecule has 0 atom stereocenters. The minimum absolute atomic E-state index is 0.259. The Kier molecular flexibility index (Phi) is 4.51. The molecule has 4 nitrogen and oxygen atoms in total. The van der Waals surface area contributed by atoms with E-state index in [0.29, 0.717) is 11.3 Å². The van der Waals surface area contributed by atoms with Crippen LogP contribution in [0.15, 0.2) is 29.4 Å². The first kappa shape index (κ1) is 12.2. The number of benzene rings is 1. The highest BCUT2D eigenvalue weighted by atomic mass is 16.5. The average molecular weight is 220 g/mol. The SMILES string of the molecule is CCC(C)=NNC(=O)c1ccccc1OC. The maximum absolute atomic E-state index is 11.7. The summed E-state index contributed by atoms with van der Waals surface area (Å²) in [4.78, 5) is 11.7. The monoisotopic (exact) mass is 220 g/mol. The van der Waals surface area contributed by atoms with E-state index in [1.807, 2.05) is 19.9 Å². The van der Waals surface area contributed by atoms with E-state index in [1.165, 1.54) is 7.11 Å². The third kappa shape index (κ3) is 3.08. The van der Waals surface area contributed by atoms with Crippen molar-refractivity contribution in [2.24, 2.45) is 5.10 Å².